The first kappa shape index (κ1) is 12.1. The second kappa shape index (κ2) is 4.46. The van der Waals surface area contributed by atoms with Crippen molar-refractivity contribution < 1.29 is 18.3 Å². The number of hydrogen-bond acceptors (Lipinski definition) is 4. The van der Waals surface area contributed by atoms with Crippen molar-refractivity contribution in [1.82, 2.24) is 14.5 Å². The van der Waals surface area contributed by atoms with Gasteiger partial charge in [0.2, 0.25) is 10.0 Å². The Bertz CT molecular complexity index is 518. The number of rotatable bonds is 5. The monoisotopic (exact) mass is 259 g/mol. The van der Waals surface area contributed by atoms with Crippen LogP contribution in [0.3, 0.4) is 0 Å². The lowest BCUT2D eigenvalue weighted by Crippen LogP contribution is -2.39. The smallest absolute Gasteiger partial charge is 0.325 e. The van der Waals surface area contributed by atoms with E-state index in [0.29, 0.717) is 0 Å². The standard InChI is InChI=1S/C9H13N3O4S/c13-9(14)6-12-5-8(4-10-12)17(15,16)11-7-2-1-3-7/h4-5,7,11H,1-3,6H2,(H,13,14). The van der Waals surface area contributed by atoms with Gasteiger partial charge in [0.05, 0.1) is 6.20 Å². The number of aliphatic carboxylic acids is 1. The summed E-state index contributed by atoms with van der Waals surface area (Å²) in [5.74, 6) is -1.07. The molecule has 0 bridgehead atoms. The van der Waals surface area contributed by atoms with E-state index in [1.54, 1.807) is 0 Å². The first-order valence-corrected chi connectivity index (χ1v) is 6.72. The van der Waals surface area contributed by atoms with Crippen LogP contribution in [0.5, 0.6) is 0 Å². The normalized spacial score (nSPS) is 16.7. The van der Waals surface area contributed by atoms with E-state index in [4.69, 9.17) is 5.11 Å². The van der Waals surface area contributed by atoms with Gasteiger partial charge in [-0.3, -0.25) is 9.48 Å². The van der Waals surface area contributed by atoms with Crippen molar-refractivity contribution in [3.05, 3.63) is 12.4 Å². The van der Waals surface area contributed by atoms with Crippen molar-refractivity contribution in [2.75, 3.05) is 0 Å². The number of aromatic nitrogens is 2. The molecule has 1 heterocycles. The molecule has 2 N–H and O–H groups in total. The number of carbonyl (C=O) groups is 1. The average molecular weight is 259 g/mol. The Labute approximate surface area is 98.5 Å². The molecule has 94 valence electrons. The molecular formula is C9H13N3O4S. The summed E-state index contributed by atoms with van der Waals surface area (Å²) in [6, 6.07) is 0.00261. The molecular weight excluding hydrogens is 246 g/mol. The van der Waals surface area contributed by atoms with Gasteiger partial charge in [-0.05, 0) is 12.8 Å². The van der Waals surface area contributed by atoms with Crippen molar-refractivity contribution in [2.24, 2.45) is 0 Å². The third-order valence-electron chi connectivity index (χ3n) is 2.64. The quantitative estimate of drug-likeness (QED) is 0.762. The molecule has 1 fully saturated rings. The molecule has 1 aliphatic carbocycles. The molecule has 0 amide bonds. The van der Waals surface area contributed by atoms with E-state index < -0.39 is 16.0 Å². The fourth-order valence-corrected chi connectivity index (χ4v) is 2.78. The molecule has 0 saturated heterocycles. The van der Waals surface area contributed by atoms with Crippen molar-refractivity contribution in [2.45, 2.75) is 36.7 Å². The molecule has 0 radical (unpaired) electrons. The number of hydrogen-bond donors (Lipinski definition) is 2. The number of sulfonamides is 1. The second-order valence-corrected chi connectivity index (χ2v) is 5.73. The summed E-state index contributed by atoms with van der Waals surface area (Å²) in [5.41, 5.74) is 0. The molecule has 0 aromatic carbocycles. The Hall–Kier alpha value is -1.41. The minimum absolute atomic E-state index is 0.00261. The first-order valence-electron chi connectivity index (χ1n) is 5.24. The van der Waals surface area contributed by atoms with E-state index in [9.17, 15) is 13.2 Å². The Morgan fingerprint density at radius 3 is 2.82 bits per heavy atom. The highest BCUT2D eigenvalue weighted by Crippen LogP contribution is 2.20. The predicted octanol–water partition coefficient (Wildman–Crippen LogP) is -0.202. The van der Waals surface area contributed by atoms with Crippen LogP contribution in [0, 0.1) is 0 Å². The first-order chi connectivity index (χ1) is 7.97. The van der Waals surface area contributed by atoms with Gasteiger partial charge in [0, 0.05) is 12.2 Å². The summed E-state index contributed by atoms with van der Waals surface area (Å²) in [6.45, 7) is -0.348. The molecule has 1 aromatic heterocycles. The lowest BCUT2D eigenvalue weighted by molar-refractivity contribution is -0.137. The molecule has 1 saturated carbocycles. The van der Waals surface area contributed by atoms with Gasteiger partial charge in [0.25, 0.3) is 0 Å². The SMILES string of the molecule is O=C(O)Cn1cc(S(=O)(=O)NC2CCC2)cn1. The second-order valence-electron chi connectivity index (χ2n) is 4.02. The topological polar surface area (TPSA) is 101 Å². The summed E-state index contributed by atoms with van der Waals surface area (Å²) >= 11 is 0. The number of carboxylic acids is 1. The Balaban J connectivity index is 2.09. The molecule has 17 heavy (non-hydrogen) atoms. The highest BCUT2D eigenvalue weighted by molar-refractivity contribution is 7.89. The molecule has 1 aliphatic rings. The number of carboxylic acid groups (broad SMARTS) is 1. The lowest BCUT2D eigenvalue weighted by atomic mass is 9.94. The largest absolute Gasteiger partial charge is 0.480 e. The van der Waals surface area contributed by atoms with Crippen LogP contribution in [0.15, 0.2) is 17.3 Å². The number of nitrogens with zero attached hydrogens (tertiary/aromatic N) is 2. The third-order valence-corrected chi connectivity index (χ3v) is 4.12. The molecule has 7 nitrogen and oxygen atoms in total. The zero-order valence-electron chi connectivity index (χ0n) is 9.04. The maximum atomic E-state index is 11.8. The Kier molecular flexibility index (Phi) is 3.16. The average Bonchev–Trinajstić information content (AvgIpc) is 2.60. The Morgan fingerprint density at radius 1 is 1.59 bits per heavy atom. The van der Waals surface area contributed by atoms with Crippen molar-refractivity contribution >= 4 is 16.0 Å². The molecule has 0 spiro atoms. The molecule has 2 rings (SSSR count). The van der Waals surface area contributed by atoms with E-state index in [2.05, 4.69) is 9.82 Å². The van der Waals surface area contributed by atoms with Crippen molar-refractivity contribution in [3.8, 4) is 0 Å². The van der Waals surface area contributed by atoms with Crippen molar-refractivity contribution in [1.29, 1.82) is 0 Å². The predicted molar refractivity (Wildman–Crippen MR) is 57.8 cm³/mol. The van der Waals surface area contributed by atoms with Gasteiger partial charge in [-0.15, -0.1) is 0 Å². The van der Waals surface area contributed by atoms with Crippen LogP contribution in [0.25, 0.3) is 0 Å². The highest BCUT2D eigenvalue weighted by atomic mass is 32.2. The Morgan fingerprint density at radius 2 is 2.29 bits per heavy atom. The van der Waals surface area contributed by atoms with Gasteiger partial charge >= 0.3 is 5.97 Å². The van der Waals surface area contributed by atoms with Gasteiger partial charge in [-0.1, -0.05) is 6.42 Å². The maximum Gasteiger partial charge on any atom is 0.325 e. The van der Waals surface area contributed by atoms with E-state index in [0.717, 1.165) is 30.1 Å². The lowest BCUT2D eigenvalue weighted by Gasteiger charge is -2.25. The zero-order valence-corrected chi connectivity index (χ0v) is 9.85. The summed E-state index contributed by atoms with van der Waals surface area (Å²) in [4.78, 5) is 10.4. The van der Waals surface area contributed by atoms with Crippen molar-refractivity contribution in [3.63, 3.8) is 0 Å². The molecule has 0 unspecified atom stereocenters. The van der Waals surface area contributed by atoms with Gasteiger partial charge in [-0.25, -0.2) is 13.1 Å². The summed E-state index contributed by atoms with van der Waals surface area (Å²) in [7, 11) is -3.56. The highest BCUT2D eigenvalue weighted by Gasteiger charge is 2.25. The molecule has 8 heteroatoms. The maximum absolute atomic E-state index is 11.8. The van der Waals surface area contributed by atoms with Crippen LogP contribution in [0.1, 0.15) is 19.3 Å². The third kappa shape index (κ3) is 2.83. The minimum Gasteiger partial charge on any atom is -0.480 e. The zero-order chi connectivity index (χ0) is 12.5. The van der Waals surface area contributed by atoms with Crippen LogP contribution >= 0.6 is 0 Å². The molecule has 1 aromatic rings. The summed E-state index contributed by atoms with van der Waals surface area (Å²) in [6.07, 6.45) is 5.11. The molecule has 0 atom stereocenters. The summed E-state index contributed by atoms with van der Waals surface area (Å²) in [5, 5.41) is 12.2. The minimum atomic E-state index is -3.56. The van der Waals surface area contributed by atoms with E-state index >= 15 is 0 Å². The van der Waals surface area contributed by atoms with E-state index in [1.807, 2.05) is 0 Å². The fraction of sp³-hybridized carbons (Fsp3) is 0.556. The van der Waals surface area contributed by atoms with Gasteiger partial charge in [0.1, 0.15) is 11.4 Å². The van der Waals surface area contributed by atoms with Gasteiger partial charge in [-0.2, -0.15) is 5.10 Å². The van der Waals surface area contributed by atoms with Gasteiger partial charge in [0.15, 0.2) is 0 Å². The van der Waals surface area contributed by atoms with E-state index in [-0.39, 0.29) is 17.5 Å². The van der Waals surface area contributed by atoms with Crippen LogP contribution in [0.2, 0.25) is 0 Å². The molecule has 0 aliphatic heterocycles. The van der Waals surface area contributed by atoms with Gasteiger partial charge < -0.3 is 5.11 Å². The van der Waals surface area contributed by atoms with Crippen LogP contribution < -0.4 is 4.72 Å². The van der Waals surface area contributed by atoms with Crippen LogP contribution in [-0.4, -0.2) is 35.3 Å². The van der Waals surface area contributed by atoms with Crippen LogP contribution in [0.4, 0.5) is 0 Å². The number of nitrogens with one attached hydrogen (secondary N) is 1. The van der Waals surface area contributed by atoms with E-state index in [1.165, 1.54) is 6.20 Å². The summed E-state index contributed by atoms with van der Waals surface area (Å²) < 4.78 is 27.3. The fourth-order valence-electron chi connectivity index (χ4n) is 1.52. The van der Waals surface area contributed by atoms with Crippen LogP contribution in [-0.2, 0) is 21.4 Å².